The molecule has 128 valence electrons. The third-order valence-electron chi connectivity index (χ3n) is 4.12. The van der Waals surface area contributed by atoms with Crippen LogP contribution in [0.15, 0.2) is 46.8 Å². The highest BCUT2D eigenvalue weighted by molar-refractivity contribution is 7.99. The summed E-state index contributed by atoms with van der Waals surface area (Å²) in [4.78, 5) is 31.0. The fraction of sp³-hybridized carbons (Fsp3) is 0.235. The second-order valence-electron chi connectivity index (χ2n) is 5.64. The number of nitrogens with zero attached hydrogens (tertiary/aromatic N) is 3. The highest BCUT2D eigenvalue weighted by Crippen LogP contribution is 2.38. The molecule has 1 aliphatic heterocycles. The average Bonchev–Trinajstić information content (AvgIpc) is 3.27. The molecule has 0 saturated carbocycles. The summed E-state index contributed by atoms with van der Waals surface area (Å²) in [6.45, 7) is 0.442. The molecule has 3 heterocycles. The van der Waals surface area contributed by atoms with E-state index in [1.54, 1.807) is 34.5 Å². The van der Waals surface area contributed by atoms with Crippen LogP contribution in [0.2, 0.25) is 0 Å². The van der Waals surface area contributed by atoms with Crippen LogP contribution in [0.3, 0.4) is 0 Å². The SMILES string of the molecule is O=C(Cn1cnc2ccsc2c1=O)N1CCSC1c1ccccc1F. The number of amides is 1. The van der Waals surface area contributed by atoms with Crippen LogP contribution in [-0.2, 0) is 11.3 Å². The topological polar surface area (TPSA) is 55.2 Å². The van der Waals surface area contributed by atoms with Crippen molar-refractivity contribution in [3.05, 3.63) is 63.8 Å². The van der Waals surface area contributed by atoms with E-state index in [2.05, 4.69) is 4.98 Å². The molecule has 1 saturated heterocycles. The molecule has 2 aromatic heterocycles. The van der Waals surface area contributed by atoms with E-state index >= 15 is 0 Å². The molecular weight excluding hydrogens is 361 g/mol. The first kappa shape index (κ1) is 16.3. The Bertz CT molecular complexity index is 1000. The summed E-state index contributed by atoms with van der Waals surface area (Å²) in [5.74, 6) is 0.207. The van der Waals surface area contributed by atoms with Crippen molar-refractivity contribution in [3.63, 3.8) is 0 Å². The molecule has 0 bridgehead atoms. The van der Waals surface area contributed by atoms with E-state index in [0.29, 0.717) is 22.3 Å². The molecule has 3 aromatic rings. The number of carbonyl (C=O) groups excluding carboxylic acids is 1. The number of rotatable bonds is 3. The second-order valence-corrected chi connectivity index (χ2v) is 7.75. The van der Waals surface area contributed by atoms with Gasteiger partial charge < -0.3 is 4.90 Å². The fourth-order valence-corrected chi connectivity index (χ4v) is 4.98. The number of benzene rings is 1. The van der Waals surface area contributed by atoms with Gasteiger partial charge in [0.2, 0.25) is 5.91 Å². The zero-order valence-corrected chi connectivity index (χ0v) is 14.7. The molecule has 1 amide bonds. The van der Waals surface area contributed by atoms with Gasteiger partial charge in [-0.1, -0.05) is 18.2 Å². The molecule has 25 heavy (non-hydrogen) atoms. The quantitative estimate of drug-likeness (QED) is 0.706. The maximum atomic E-state index is 14.1. The van der Waals surface area contributed by atoms with E-state index < -0.39 is 0 Å². The largest absolute Gasteiger partial charge is 0.324 e. The summed E-state index contributed by atoms with van der Waals surface area (Å²) in [5.41, 5.74) is 0.917. The predicted molar refractivity (Wildman–Crippen MR) is 97.2 cm³/mol. The molecule has 0 spiro atoms. The van der Waals surface area contributed by atoms with Crippen molar-refractivity contribution in [1.29, 1.82) is 0 Å². The smallest absolute Gasteiger partial charge is 0.271 e. The van der Waals surface area contributed by atoms with Crippen LogP contribution in [0.25, 0.3) is 10.2 Å². The first-order valence-corrected chi connectivity index (χ1v) is 9.66. The van der Waals surface area contributed by atoms with E-state index in [9.17, 15) is 14.0 Å². The maximum absolute atomic E-state index is 14.1. The van der Waals surface area contributed by atoms with E-state index in [1.807, 2.05) is 0 Å². The first-order valence-electron chi connectivity index (χ1n) is 7.73. The van der Waals surface area contributed by atoms with E-state index in [1.165, 1.54) is 40.1 Å². The zero-order valence-electron chi connectivity index (χ0n) is 13.1. The molecule has 1 unspecified atom stereocenters. The van der Waals surface area contributed by atoms with E-state index in [4.69, 9.17) is 0 Å². The first-order chi connectivity index (χ1) is 12.1. The zero-order chi connectivity index (χ0) is 17.4. The Balaban J connectivity index is 1.60. The van der Waals surface area contributed by atoms with Gasteiger partial charge in [-0.2, -0.15) is 0 Å². The Labute approximate surface area is 151 Å². The summed E-state index contributed by atoms with van der Waals surface area (Å²) in [6.07, 6.45) is 1.40. The minimum atomic E-state index is -0.358. The lowest BCUT2D eigenvalue weighted by Gasteiger charge is -2.24. The summed E-state index contributed by atoms with van der Waals surface area (Å²) in [6, 6.07) is 8.27. The highest BCUT2D eigenvalue weighted by atomic mass is 32.2. The average molecular weight is 375 g/mol. The van der Waals surface area contributed by atoms with Crippen molar-refractivity contribution < 1.29 is 9.18 Å². The van der Waals surface area contributed by atoms with Gasteiger partial charge in [-0.05, 0) is 17.5 Å². The lowest BCUT2D eigenvalue weighted by molar-refractivity contribution is -0.132. The van der Waals surface area contributed by atoms with Crippen LogP contribution in [0, 0.1) is 5.82 Å². The molecule has 8 heteroatoms. The number of hydrogen-bond acceptors (Lipinski definition) is 5. The van der Waals surface area contributed by atoms with Gasteiger partial charge in [-0.25, -0.2) is 9.37 Å². The van der Waals surface area contributed by atoms with Gasteiger partial charge in [-0.15, -0.1) is 23.1 Å². The van der Waals surface area contributed by atoms with Crippen LogP contribution in [-0.4, -0.2) is 32.7 Å². The minimum Gasteiger partial charge on any atom is -0.324 e. The Kier molecular flexibility index (Phi) is 4.30. The molecule has 0 aliphatic carbocycles. The normalized spacial score (nSPS) is 17.3. The van der Waals surface area contributed by atoms with Gasteiger partial charge in [0, 0.05) is 17.9 Å². The molecular formula is C17H14FN3O2S2. The molecule has 5 nitrogen and oxygen atoms in total. The number of fused-ring (bicyclic) bond motifs is 1. The van der Waals surface area contributed by atoms with Crippen LogP contribution in [0.5, 0.6) is 0 Å². The van der Waals surface area contributed by atoms with Crippen molar-refractivity contribution in [2.45, 2.75) is 11.9 Å². The van der Waals surface area contributed by atoms with Gasteiger partial charge >= 0.3 is 0 Å². The second kappa shape index (κ2) is 6.61. The van der Waals surface area contributed by atoms with Gasteiger partial charge in [0.15, 0.2) is 0 Å². The van der Waals surface area contributed by atoms with E-state index in [-0.39, 0.29) is 29.2 Å². The molecule has 1 fully saturated rings. The number of thiophene rings is 1. The molecule has 4 rings (SSSR count). The number of halogens is 1. The summed E-state index contributed by atoms with van der Waals surface area (Å²) in [7, 11) is 0. The van der Waals surface area contributed by atoms with Crippen LogP contribution in [0.4, 0.5) is 4.39 Å². The summed E-state index contributed by atoms with van der Waals surface area (Å²) >= 11 is 2.84. The van der Waals surface area contributed by atoms with Gasteiger partial charge in [0.05, 0.1) is 11.8 Å². The monoisotopic (exact) mass is 375 g/mol. The van der Waals surface area contributed by atoms with Crippen LogP contribution >= 0.6 is 23.1 Å². The predicted octanol–water partition coefficient (Wildman–Crippen LogP) is 2.87. The molecule has 1 aromatic carbocycles. The Morgan fingerprint density at radius 3 is 3.00 bits per heavy atom. The summed E-state index contributed by atoms with van der Waals surface area (Å²) in [5, 5.41) is 1.44. The maximum Gasteiger partial charge on any atom is 0.271 e. The fourth-order valence-electron chi connectivity index (χ4n) is 2.89. The van der Waals surface area contributed by atoms with Crippen molar-refractivity contribution >= 4 is 39.2 Å². The van der Waals surface area contributed by atoms with Crippen molar-refractivity contribution in [3.8, 4) is 0 Å². The number of thioether (sulfide) groups is 1. The Morgan fingerprint density at radius 2 is 2.16 bits per heavy atom. The number of carbonyl (C=O) groups is 1. The molecule has 0 radical (unpaired) electrons. The van der Waals surface area contributed by atoms with Crippen molar-refractivity contribution in [2.24, 2.45) is 0 Å². The van der Waals surface area contributed by atoms with Gasteiger partial charge in [0.1, 0.15) is 22.4 Å². The third kappa shape index (κ3) is 2.96. The lowest BCUT2D eigenvalue weighted by Crippen LogP contribution is -2.36. The number of aromatic nitrogens is 2. The molecule has 1 atom stereocenters. The van der Waals surface area contributed by atoms with Gasteiger partial charge in [-0.3, -0.25) is 14.2 Å². The highest BCUT2D eigenvalue weighted by Gasteiger charge is 2.32. The van der Waals surface area contributed by atoms with Crippen LogP contribution < -0.4 is 5.56 Å². The standard InChI is InChI=1S/C17H14FN3O2S2/c18-12-4-2-1-3-11(12)17-21(6-8-25-17)14(22)9-20-10-19-13-5-7-24-15(13)16(20)23/h1-5,7,10,17H,6,8-9H2. The van der Waals surface area contributed by atoms with Gasteiger partial charge in [0.25, 0.3) is 5.56 Å². The van der Waals surface area contributed by atoms with E-state index in [0.717, 1.165) is 5.75 Å². The van der Waals surface area contributed by atoms with Crippen molar-refractivity contribution in [2.75, 3.05) is 12.3 Å². The van der Waals surface area contributed by atoms with Crippen LogP contribution in [0.1, 0.15) is 10.9 Å². The summed E-state index contributed by atoms with van der Waals surface area (Å²) < 4.78 is 16.0. The number of hydrogen-bond donors (Lipinski definition) is 0. The third-order valence-corrected chi connectivity index (χ3v) is 6.26. The minimum absolute atomic E-state index is 0.0921. The molecule has 0 N–H and O–H groups in total. The molecule has 1 aliphatic rings. The lowest BCUT2D eigenvalue weighted by atomic mass is 10.2. The Morgan fingerprint density at radius 1 is 1.32 bits per heavy atom. The Hall–Kier alpha value is -2.19. The van der Waals surface area contributed by atoms with Crippen molar-refractivity contribution in [1.82, 2.24) is 14.5 Å².